The maximum Gasteiger partial charge on any atom is 0.326 e. The van der Waals surface area contributed by atoms with Gasteiger partial charge in [0, 0.05) is 37.1 Å². The fourth-order valence-electron chi connectivity index (χ4n) is 3.23. The largest absolute Gasteiger partial charge is 0.492 e. The highest BCUT2D eigenvalue weighted by Crippen LogP contribution is 2.30. The van der Waals surface area contributed by atoms with Crippen LogP contribution in [0.1, 0.15) is 18.2 Å². The summed E-state index contributed by atoms with van der Waals surface area (Å²) in [4.78, 5) is 41.1. The zero-order valence-electron chi connectivity index (χ0n) is 16.1. The molecule has 0 spiro atoms. The van der Waals surface area contributed by atoms with Crippen LogP contribution in [0.25, 0.3) is 10.9 Å². The second-order valence-electron chi connectivity index (χ2n) is 6.67. The molecule has 3 rings (SSSR count). The van der Waals surface area contributed by atoms with Crippen LogP contribution in [-0.4, -0.2) is 59.4 Å². The fourth-order valence-corrected chi connectivity index (χ4v) is 3.23. The number of amides is 4. The number of carbonyl (C=O) groups excluding carboxylic acids is 3. The van der Waals surface area contributed by atoms with Gasteiger partial charge in [0.15, 0.2) is 0 Å². The summed E-state index contributed by atoms with van der Waals surface area (Å²) < 4.78 is 5.71. The lowest BCUT2D eigenvalue weighted by Gasteiger charge is -2.30. The molecule has 0 atom stereocenters. The van der Waals surface area contributed by atoms with Crippen molar-refractivity contribution < 1.29 is 19.1 Å². The molecule has 2 heterocycles. The van der Waals surface area contributed by atoms with Crippen LogP contribution in [0.4, 0.5) is 4.79 Å². The number of carbonyl (C=O) groups is 3. The molecule has 8 nitrogen and oxygen atoms in total. The highest BCUT2D eigenvalue weighted by Gasteiger charge is 2.27. The zero-order chi connectivity index (χ0) is 20.3. The molecular weight excluding hydrogens is 360 g/mol. The summed E-state index contributed by atoms with van der Waals surface area (Å²) in [5.41, 5.74) is 3.11. The van der Waals surface area contributed by atoms with E-state index in [9.17, 15) is 14.4 Å². The van der Waals surface area contributed by atoms with E-state index in [1.807, 2.05) is 18.2 Å². The molecule has 0 saturated carbocycles. The summed E-state index contributed by atoms with van der Waals surface area (Å²) in [6.45, 7) is 6.52. The molecule has 0 fully saturated rings. The summed E-state index contributed by atoms with van der Waals surface area (Å²) in [5.74, 6) is 0.212. The molecule has 0 saturated heterocycles. The van der Waals surface area contributed by atoms with E-state index in [-0.39, 0.29) is 17.8 Å². The smallest absolute Gasteiger partial charge is 0.326 e. The topological polar surface area (TPSA) is 94.7 Å². The number of benzene rings is 1. The van der Waals surface area contributed by atoms with Gasteiger partial charge < -0.3 is 19.9 Å². The van der Waals surface area contributed by atoms with E-state index in [4.69, 9.17) is 4.74 Å². The van der Waals surface area contributed by atoms with E-state index < -0.39 is 0 Å². The number of ether oxygens (including phenoxy) is 1. The van der Waals surface area contributed by atoms with Crippen molar-refractivity contribution in [2.45, 2.75) is 19.9 Å². The summed E-state index contributed by atoms with van der Waals surface area (Å²) in [5, 5.41) is 3.73. The maximum atomic E-state index is 12.4. The first-order valence-corrected chi connectivity index (χ1v) is 9.10. The van der Waals surface area contributed by atoms with Crippen LogP contribution in [0.2, 0.25) is 0 Å². The molecule has 2 N–H and O–H groups in total. The Balaban J connectivity index is 1.70. The molecule has 1 aliphatic heterocycles. The minimum Gasteiger partial charge on any atom is -0.492 e. The van der Waals surface area contributed by atoms with Gasteiger partial charge in [-0.25, -0.2) is 4.79 Å². The Hall–Kier alpha value is -3.29. The number of rotatable bonds is 5. The Morgan fingerprint density at radius 2 is 2.18 bits per heavy atom. The highest BCUT2D eigenvalue weighted by molar-refractivity contribution is 5.93. The Labute approximate surface area is 163 Å². The molecule has 1 aliphatic rings. The quantitative estimate of drug-likeness (QED) is 0.607. The predicted molar refractivity (Wildman–Crippen MR) is 105 cm³/mol. The third-order valence-electron chi connectivity index (χ3n) is 4.83. The minimum absolute atomic E-state index is 0.228. The maximum absolute atomic E-state index is 12.4. The Morgan fingerprint density at radius 1 is 1.39 bits per heavy atom. The van der Waals surface area contributed by atoms with Gasteiger partial charge in [-0.15, -0.1) is 0 Å². The van der Waals surface area contributed by atoms with Crippen molar-refractivity contribution in [1.82, 2.24) is 20.1 Å². The molecule has 8 heteroatoms. The molecular formula is C20H24N4O4. The molecule has 28 heavy (non-hydrogen) atoms. The van der Waals surface area contributed by atoms with Gasteiger partial charge >= 0.3 is 6.03 Å². The van der Waals surface area contributed by atoms with E-state index in [0.717, 1.165) is 32.8 Å². The van der Waals surface area contributed by atoms with Gasteiger partial charge in [-0.1, -0.05) is 6.58 Å². The van der Waals surface area contributed by atoms with Crippen molar-refractivity contribution in [2.24, 2.45) is 0 Å². The molecule has 1 aromatic heterocycles. The number of H-pyrrole nitrogens is 1. The molecule has 148 valence electrons. The van der Waals surface area contributed by atoms with E-state index in [0.29, 0.717) is 32.7 Å². The van der Waals surface area contributed by atoms with Gasteiger partial charge in [0.05, 0.1) is 13.1 Å². The number of aromatic amines is 1. The highest BCUT2D eigenvalue weighted by atomic mass is 16.5. The molecule has 0 aliphatic carbocycles. The van der Waals surface area contributed by atoms with Crippen LogP contribution in [-0.2, 0) is 22.6 Å². The van der Waals surface area contributed by atoms with Crippen LogP contribution in [0.15, 0.2) is 30.9 Å². The summed E-state index contributed by atoms with van der Waals surface area (Å²) >= 11 is 0. The zero-order valence-corrected chi connectivity index (χ0v) is 16.1. The third kappa shape index (κ3) is 4.00. The number of nitrogens with zero attached hydrogens (tertiary/aromatic N) is 2. The first-order valence-electron chi connectivity index (χ1n) is 9.10. The Kier molecular flexibility index (Phi) is 5.67. The molecule has 0 radical (unpaired) electrons. The van der Waals surface area contributed by atoms with Crippen LogP contribution >= 0.6 is 0 Å². The number of fused-ring (bicyclic) bond motifs is 3. The number of hydrogen-bond donors (Lipinski definition) is 2. The average molecular weight is 384 g/mol. The van der Waals surface area contributed by atoms with E-state index in [1.165, 1.54) is 20.0 Å². The number of aromatic nitrogens is 1. The van der Waals surface area contributed by atoms with Gasteiger partial charge in [-0.3, -0.25) is 14.5 Å². The van der Waals surface area contributed by atoms with Crippen molar-refractivity contribution in [3.63, 3.8) is 0 Å². The van der Waals surface area contributed by atoms with Gasteiger partial charge in [-0.2, -0.15) is 0 Å². The second-order valence-corrected chi connectivity index (χ2v) is 6.67. The van der Waals surface area contributed by atoms with Crippen molar-refractivity contribution in [1.29, 1.82) is 0 Å². The van der Waals surface area contributed by atoms with Crippen LogP contribution in [0, 0.1) is 0 Å². The molecule has 0 unspecified atom stereocenters. The normalized spacial score (nSPS) is 13.0. The van der Waals surface area contributed by atoms with Crippen LogP contribution < -0.4 is 10.1 Å². The summed E-state index contributed by atoms with van der Waals surface area (Å²) in [6.07, 6.45) is 1.92. The lowest BCUT2D eigenvalue weighted by Crippen LogP contribution is -2.45. The predicted octanol–water partition coefficient (Wildman–Crippen LogP) is 1.81. The Bertz CT molecular complexity index is 934. The average Bonchev–Trinajstić information content (AvgIpc) is 3.06. The van der Waals surface area contributed by atoms with Gasteiger partial charge in [0.1, 0.15) is 12.4 Å². The first kappa shape index (κ1) is 19.5. The number of imide groups is 1. The monoisotopic (exact) mass is 384 g/mol. The van der Waals surface area contributed by atoms with Gasteiger partial charge in [-0.05, 0) is 36.3 Å². The second kappa shape index (κ2) is 8.16. The van der Waals surface area contributed by atoms with E-state index >= 15 is 0 Å². The van der Waals surface area contributed by atoms with Crippen molar-refractivity contribution >= 4 is 28.7 Å². The molecule has 4 amide bonds. The number of nitrogens with one attached hydrogen (secondary N) is 2. The Morgan fingerprint density at radius 3 is 2.89 bits per heavy atom. The van der Waals surface area contributed by atoms with Gasteiger partial charge in [0.25, 0.3) is 0 Å². The molecule has 2 aromatic rings. The minimum atomic E-state index is -0.289. The van der Waals surface area contributed by atoms with Crippen molar-refractivity contribution in [3.05, 3.63) is 42.1 Å². The lowest BCUT2D eigenvalue weighted by molar-refractivity contribution is -0.125. The standard InChI is InChI=1S/C20H24N4O4/c1-4-19(26)21-8-10-28-14-5-6-17-16(11-14)15-7-9-24(12-18(15)22-17)20(27)23(3)13(2)25/h4-6,11,22H,1,7-10,12H2,2-3H3,(H,21,26). The third-order valence-corrected chi connectivity index (χ3v) is 4.83. The first-order chi connectivity index (χ1) is 13.4. The van der Waals surface area contributed by atoms with E-state index in [2.05, 4.69) is 16.9 Å². The summed E-state index contributed by atoms with van der Waals surface area (Å²) in [6, 6.07) is 5.49. The van der Waals surface area contributed by atoms with Crippen molar-refractivity contribution in [2.75, 3.05) is 26.7 Å². The SMILES string of the molecule is C=CC(=O)NCCOc1ccc2[nH]c3c(c2c1)CCN(C(=O)N(C)C(C)=O)C3. The molecule has 1 aromatic carbocycles. The molecule has 0 bridgehead atoms. The fraction of sp³-hybridized carbons (Fsp3) is 0.350. The summed E-state index contributed by atoms with van der Waals surface area (Å²) in [7, 11) is 1.49. The number of hydrogen-bond acceptors (Lipinski definition) is 4. The lowest BCUT2D eigenvalue weighted by atomic mass is 10.0. The van der Waals surface area contributed by atoms with Crippen molar-refractivity contribution in [3.8, 4) is 5.75 Å². The van der Waals surface area contributed by atoms with E-state index in [1.54, 1.807) is 4.90 Å². The van der Waals surface area contributed by atoms with Crippen LogP contribution in [0.5, 0.6) is 5.75 Å². The van der Waals surface area contributed by atoms with Gasteiger partial charge in [0.2, 0.25) is 11.8 Å². The number of urea groups is 1. The van der Waals surface area contributed by atoms with Crippen LogP contribution in [0.3, 0.4) is 0 Å².